The van der Waals surface area contributed by atoms with Gasteiger partial charge in [-0.15, -0.1) is 0 Å². The molecule has 1 N–H and O–H groups in total. The summed E-state index contributed by atoms with van der Waals surface area (Å²) in [6.07, 6.45) is 7.12. The zero-order valence-electron chi connectivity index (χ0n) is 16.6. The maximum absolute atomic E-state index is 13.1. The van der Waals surface area contributed by atoms with Crippen molar-refractivity contribution in [2.75, 3.05) is 19.6 Å². The summed E-state index contributed by atoms with van der Waals surface area (Å²) in [5.74, 6) is -2.26. The number of carbonyl (C=O) groups is 1. The van der Waals surface area contributed by atoms with Crippen molar-refractivity contribution in [3.8, 4) is 0 Å². The first kappa shape index (κ1) is 19.8. The maximum Gasteiger partial charge on any atom is 0.249 e. The van der Waals surface area contributed by atoms with Gasteiger partial charge in [-0.25, -0.2) is 8.78 Å². The molecule has 4 rings (SSSR count). The minimum absolute atomic E-state index is 0.208. The van der Waals surface area contributed by atoms with Crippen LogP contribution < -0.4 is 5.32 Å². The Morgan fingerprint density at radius 2 is 1.93 bits per heavy atom. The Bertz CT molecular complexity index is 658. The molecule has 0 bridgehead atoms. The Morgan fingerprint density at radius 3 is 2.61 bits per heavy atom. The predicted octanol–water partition coefficient (Wildman–Crippen LogP) is 4.59. The third-order valence-electron chi connectivity index (χ3n) is 7.14. The highest BCUT2D eigenvalue weighted by Crippen LogP contribution is 2.42. The van der Waals surface area contributed by atoms with Crippen molar-refractivity contribution in [2.45, 2.75) is 69.2 Å². The highest BCUT2D eigenvalue weighted by atomic mass is 19.3. The molecule has 3 nitrogen and oxygen atoms in total. The van der Waals surface area contributed by atoms with E-state index in [0.717, 1.165) is 24.9 Å². The molecular formula is C23H32F2N2O. The first-order chi connectivity index (χ1) is 13.5. The molecule has 1 saturated heterocycles. The van der Waals surface area contributed by atoms with Crippen molar-refractivity contribution in [2.24, 2.45) is 11.8 Å². The number of hydrogen-bond acceptors (Lipinski definition) is 2. The first-order valence-electron chi connectivity index (χ1n) is 11.0. The van der Waals surface area contributed by atoms with Crippen molar-refractivity contribution in [3.05, 3.63) is 35.9 Å². The number of benzene rings is 1. The zero-order valence-corrected chi connectivity index (χ0v) is 16.6. The van der Waals surface area contributed by atoms with Crippen molar-refractivity contribution < 1.29 is 13.6 Å². The summed E-state index contributed by atoms with van der Waals surface area (Å²) >= 11 is 0. The van der Waals surface area contributed by atoms with Crippen LogP contribution in [0.2, 0.25) is 0 Å². The van der Waals surface area contributed by atoms with E-state index in [1.54, 1.807) is 0 Å². The molecule has 1 aromatic rings. The lowest BCUT2D eigenvalue weighted by molar-refractivity contribution is -0.150. The molecule has 1 aliphatic heterocycles. The highest BCUT2D eigenvalue weighted by molar-refractivity contribution is 5.79. The summed E-state index contributed by atoms with van der Waals surface area (Å²) in [5, 5.41) is 2.96. The van der Waals surface area contributed by atoms with Gasteiger partial charge in [-0.2, -0.15) is 0 Å². The lowest BCUT2D eigenvalue weighted by atomic mass is 9.76. The van der Waals surface area contributed by atoms with Crippen LogP contribution in [0.5, 0.6) is 0 Å². The Labute approximate surface area is 166 Å². The number of amides is 1. The molecule has 3 fully saturated rings. The van der Waals surface area contributed by atoms with Crippen LogP contribution in [0, 0.1) is 11.8 Å². The van der Waals surface area contributed by atoms with E-state index in [1.807, 2.05) is 18.2 Å². The van der Waals surface area contributed by atoms with E-state index in [4.69, 9.17) is 0 Å². The van der Waals surface area contributed by atoms with Gasteiger partial charge in [-0.05, 0) is 56.7 Å². The van der Waals surface area contributed by atoms with Crippen LogP contribution in [-0.4, -0.2) is 42.4 Å². The summed E-state index contributed by atoms with van der Waals surface area (Å²) in [6, 6.07) is 11.1. The fourth-order valence-corrected chi connectivity index (χ4v) is 5.18. The van der Waals surface area contributed by atoms with Gasteiger partial charge in [0.05, 0.1) is 0 Å². The van der Waals surface area contributed by atoms with Gasteiger partial charge in [-0.1, -0.05) is 36.8 Å². The zero-order chi connectivity index (χ0) is 19.6. The maximum atomic E-state index is 13.1. The second-order valence-electron chi connectivity index (χ2n) is 9.04. The van der Waals surface area contributed by atoms with Crippen LogP contribution in [0.4, 0.5) is 8.78 Å². The SMILES string of the molecule is O=C(NCC(CCN1CCCC[C@@H]2CCC21)c1ccccc1)C1CC(F)(F)C1. The van der Waals surface area contributed by atoms with E-state index in [9.17, 15) is 13.6 Å². The van der Waals surface area contributed by atoms with Crippen LogP contribution >= 0.6 is 0 Å². The fraction of sp³-hybridized carbons (Fsp3) is 0.696. The Kier molecular flexibility index (Phi) is 6.00. The summed E-state index contributed by atoms with van der Waals surface area (Å²) in [6.45, 7) is 2.77. The average Bonchev–Trinajstić information content (AvgIpc) is 2.78. The Hall–Kier alpha value is -1.49. The number of fused-ring (bicyclic) bond motifs is 1. The molecule has 3 aliphatic rings. The normalized spacial score (nSPS) is 28.4. The predicted molar refractivity (Wildman–Crippen MR) is 106 cm³/mol. The van der Waals surface area contributed by atoms with E-state index >= 15 is 0 Å². The third kappa shape index (κ3) is 4.56. The van der Waals surface area contributed by atoms with Gasteiger partial charge >= 0.3 is 0 Å². The van der Waals surface area contributed by atoms with Gasteiger partial charge in [-0.3, -0.25) is 4.79 Å². The molecule has 28 heavy (non-hydrogen) atoms. The summed E-state index contributed by atoms with van der Waals surface area (Å²) < 4.78 is 26.1. The molecular weight excluding hydrogens is 358 g/mol. The molecule has 3 atom stereocenters. The molecule has 2 unspecified atom stereocenters. The van der Waals surface area contributed by atoms with E-state index in [0.29, 0.717) is 6.54 Å². The van der Waals surface area contributed by atoms with E-state index in [-0.39, 0.29) is 24.7 Å². The van der Waals surface area contributed by atoms with Crippen LogP contribution in [0.3, 0.4) is 0 Å². The van der Waals surface area contributed by atoms with Gasteiger partial charge < -0.3 is 10.2 Å². The molecule has 0 aromatic heterocycles. The van der Waals surface area contributed by atoms with E-state index < -0.39 is 11.8 Å². The molecule has 1 aromatic carbocycles. The minimum atomic E-state index is -2.65. The number of carbonyl (C=O) groups excluding carboxylic acids is 1. The monoisotopic (exact) mass is 390 g/mol. The molecule has 1 amide bonds. The first-order valence-corrected chi connectivity index (χ1v) is 11.0. The summed E-state index contributed by atoms with van der Waals surface area (Å²) in [4.78, 5) is 14.9. The van der Waals surface area contributed by atoms with Gasteiger partial charge in [0, 0.05) is 37.3 Å². The summed E-state index contributed by atoms with van der Waals surface area (Å²) in [5.41, 5.74) is 1.22. The largest absolute Gasteiger partial charge is 0.355 e. The van der Waals surface area contributed by atoms with Crippen molar-refractivity contribution in [3.63, 3.8) is 0 Å². The number of likely N-dealkylation sites (tertiary alicyclic amines) is 1. The van der Waals surface area contributed by atoms with Crippen molar-refractivity contribution in [1.29, 1.82) is 0 Å². The number of rotatable bonds is 7. The lowest BCUT2D eigenvalue weighted by Gasteiger charge is -2.43. The minimum Gasteiger partial charge on any atom is -0.355 e. The van der Waals surface area contributed by atoms with Crippen molar-refractivity contribution in [1.82, 2.24) is 10.2 Å². The fourth-order valence-electron chi connectivity index (χ4n) is 5.18. The Morgan fingerprint density at radius 1 is 1.14 bits per heavy atom. The van der Waals surface area contributed by atoms with Gasteiger partial charge in [0.25, 0.3) is 0 Å². The molecule has 2 aliphatic carbocycles. The van der Waals surface area contributed by atoms with Crippen LogP contribution in [0.25, 0.3) is 0 Å². The lowest BCUT2D eigenvalue weighted by Crippen LogP contribution is -2.47. The van der Waals surface area contributed by atoms with Gasteiger partial charge in [0.1, 0.15) is 0 Å². The second kappa shape index (κ2) is 8.48. The quantitative estimate of drug-likeness (QED) is 0.739. The number of hydrogen-bond donors (Lipinski definition) is 1. The molecule has 154 valence electrons. The van der Waals surface area contributed by atoms with Gasteiger partial charge in [0.2, 0.25) is 11.8 Å². The third-order valence-corrected chi connectivity index (χ3v) is 7.14. The average molecular weight is 391 g/mol. The smallest absolute Gasteiger partial charge is 0.249 e. The second-order valence-corrected chi connectivity index (χ2v) is 9.04. The molecule has 2 saturated carbocycles. The van der Waals surface area contributed by atoms with Crippen LogP contribution in [0.1, 0.15) is 62.8 Å². The number of nitrogens with one attached hydrogen (secondary N) is 1. The number of halogens is 2. The molecule has 0 radical (unpaired) electrons. The number of nitrogens with zero attached hydrogens (tertiary/aromatic N) is 1. The standard InChI is InChI=1S/C23H32F2N2O/c24-23(25)14-20(15-23)22(28)26-16-19(17-6-2-1-3-7-17)11-13-27-12-5-4-8-18-9-10-21(18)27/h1-3,6-7,18-21H,4-5,8-16H2,(H,26,28)/t18-,19?,21?/m1/s1. The Balaban J connectivity index is 1.33. The summed E-state index contributed by atoms with van der Waals surface area (Å²) in [7, 11) is 0. The molecule has 5 heteroatoms. The van der Waals surface area contributed by atoms with Crippen LogP contribution in [0.15, 0.2) is 30.3 Å². The van der Waals surface area contributed by atoms with Gasteiger partial charge in [0.15, 0.2) is 0 Å². The number of alkyl halides is 2. The topological polar surface area (TPSA) is 32.3 Å². The highest BCUT2D eigenvalue weighted by Gasteiger charge is 2.48. The molecule has 0 spiro atoms. The molecule has 1 heterocycles. The van der Waals surface area contributed by atoms with E-state index in [1.165, 1.54) is 44.2 Å². The van der Waals surface area contributed by atoms with Crippen molar-refractivity contribution >= 4 is 5.91 Å². The van der Waals surface area contributed by atoms with E-state index in [2.05, 4.69) is 22.3 Å². The van der Waals surface area contributed by atoms with Crippen LogP contribution in [-0.2, 0) is 4.79 Å².